The third-order valence-electron chi connectivity index (χ3n) is 6.00. The van der Waals surface area contributed by atoms with Crippen molar-refractivity contribution in [1.29, 1.82) is 0 Å². The van der Waals surface area contributed by atoms with Crippen LogP contribution in [0.5, 0.6) is 5.75 Å². The number of hydrogen-bond donors (Lipinski definition) is 1. The molecule has 1 aliphatic rings. The van der Waals surface area contributed by atoms with Gasteiger partial charge >= 0.3 is 0 Å². The van der Waals surface area contributed by atoms with Crippen LogP contribution in [0.15, 0.2) is 48.5 Å². The molecule has 4 rings (SSSR count). The zero-order valence-electron chi connectivity index (χ0n) is 19.6. The summed E-state index contributed by atoms with van der Waals surface area (Å²) in [4.78, 5) is 28.8. The molecule has 3 aromatic rings. The van der Waals surface area contributed by atoms with E-state index in [1.807, 2.05) is 31.2 Å². The smallest absolute Gasteiger partial charge is 0.251 e. The van der Waals surface area contributed by atoms with E-state index in [0.717, 1.165) is 36.8 Å². The minimum absolute atomic E-state index is 0.0822. The molecule has 1 heterocycles. The van der Waals surface area contributed by atoms with Crippen molar-refractivity contribution in [2.45, 2.75) is 51.6 Å². The molecule has 9 nitrogen and oxygen atoms in total. The molecule has 0 aliphatic heterocycles. The van der Waals surface area contributed by atoms with Gasteiger partial charge in [-0.3, -0.25) is 9.59 Å². The summed E-state index contributed by atoms with van der Waals surface area (Å²) in [7, 11) is 1.58. The largest absolute Gasteiger partial charge is 0.497 e. The molecule has 1 N–H and O–H groups in total. The predicted octanol–water partition coefficient (Wildman–Crippen LogP) is 3.14. The van der Waals surface area contributed by atoms with E-state index in [2.05, 4.69) is 20.7 Å². The highest BCUT2D eigenvalue weighted by atomic mass is 16.5. The number of amides is 2. The molecular formula is C25H30N6O3. The minimum atomic E-state index is -0.309. The SMILES string of the molecule is COc1ccc(N(CC(=O)NC2CCCCC2)C(=O)Cn2nnc(-c3ccc(C)cc3)n2)cc1. The molecule has 1 fully saturated rings. The number of aromatic nitrogens is 4. The molecule has 1 saturated carbocycles. The van der Waals surface area contributed by atoms with Gasteiger partial charge in [-0.05, 0) is 49.2 Å². The lowest BCUT2D eigenvalue weighted by atomic mass is 9.95. The number of nitrogens with zero attached hydrogens (tertiary/aromatic N) is 5. The summed E-state index contributed by atoms with van der Waals surface area (Å²) in [5.74, 6) is 0.627. The normalized spacial score (nSPS) is 13.9. The van der Waals surface area contributed by atoms with E-state index >= 15 is 0 Å². The second kappa shape index (κ2) is 10.9. The minimum Gasteiger partial charge on any atom is -0.497 e. The maximum atomic E-state index is 13.3. The number of hydrogen-bond acceptors (Lipinski definition) is 6. The lowest BCUT2D eigenvalue weighted by molar-refractivity contribution is -0.124. The van der Waals surface area contributed by atoms with Crippen LogP contribution in [0.2, 0.25) is 0 Å². The van der Waals surface area contributed by atoms with Crippen LogP contribution in [0.1, 0.15) is 37.7 Å². The van der Waals surface area contributed by atoms with Crippen LogP contribution in [0.4, 0.5) is 5.69 Å². The fraction of sp³-hybridized carbons (Fsp3) is 0.400. The average molecular weight is 463 g/mol. The molecule has 0 atom stereocenters. The standard InChI is InChI=1S/C25H30N6O3/c1-18-8-10-19(11-9-18)25-27-29-31(28-25)17-24(33)30(21-12-14-22(34-2)15-13-21)16-23(32)26-20-6-4-3-5-7-20/h8-15,20H,3-7,16-17H2,1-2H3,(H,26,32). The maximum absolute atomic E-state index is 13.3. The first-order chi connectivity index (χ1) is 16.5. The van der Waals surface area contributed by atoms with E-state index in [0.29, 0.717) is 17.3 Å². The Morgan fingerprint density at radius 3 is 2.44 bits per heavy atom. The average Bonchev–Trinajstić information content (AvgIpc) is 3.32. The van der Waals surface area contributed by atoms with Gasteiger partial charge < -0.3 is 15.0 Å². The second-order valence-corrected chi connectivity index (χ2v) is 8.59. The summed E-state index contributed by atoms with van der Waals surface area (Å²) in [6.45, 7) is 1.79. The fourth-order valence-electron chi connectivity index (χ4n) is 4.08. The first-order valence-electron chi connectivity index (χ1n) is 11.6. The number of carbonyl (C=O) groups is 2. The van der Waals surface area contributed by atoms with Crippen LogP contribution in [-0.4, -0.2) is 51.7 Å². The van der Waals surface area contributed by atoms with Gasteiger partial charge in [0.25, 0.3) is 5.91 Å². The Bertz CT molecular complexity index is 1100. The predicted molar refractivity (Wildman–Crippen MR) is 128 cm³/mol. The zero-order chi connectivity index (χ0) is 23.9. The van der Waals surface area contributed by atoms with Crippen LogP contribution < -0.4 is 15.0 Å². The number of carbonyl (C=O) groups excluding carboxylic acids is 2. The molecule has 34 heavy (non-hydrogen) atoms. The lowest BCUT2D eigenvalue weighted by Gasteiger charge is -2.26. The molecule has 2 amide bonds. The van der Waals surface area contributed by atoms with Crippen molar-refractivity contribution in [2.75, 3.05) is 18.6 Å². The maximum Gasteiger partial charge on any atom is 0.251 e. The summed E-state index contributed by atoms with van der Waals surface area (Å²) in [5.41, 5.74) is 2.56. The lowest BCUT2D eigenvalue weighted by Crippen LogP contribution is -2.45. The monoisotopic (exact) mass is 462 g/mol. The number of ether oxygens (including phenoxy) is 1. The summed E-state index contributed by atoms with van der Waals surface area (Å²) in [6, 6.07) is 15.0. The van der Waals surface area contributed by atoms with Crippen molar-refractivity contribution in [3.05, 3.63) is 54.1 Å². The molecule has 9 heteroatoms. The van der Waals surface area contributed by atoms with E-state index in [4.69, 9.17) is 4.74 Å². The highest BCUT2D eigenvalue weighted by Gasteiger charge is 2.23. The van der Waals surface area contributed by atoms with Gasteiger partial charge in [-0.2, -0.15) is 4.80 Å². The molecule has 0 spiro atoms. The topological polar surface area (TPSA) is 102 Å². The first kappa shape index (κ1) is 23.4. The number of methoxy groups -OCH3 is 1. The van der Waals surface area contributed by atoms with Gasteiger partial charge in [-0.15, -0.1) is 10.2 Å². The number of rotatable bonds is 8. The van der Waals surface area contributed by atoms with Crippen molar-refractivity contribution >= 4 is 17.5 Å². The van der Waals surface area contributed by atoms with Crippen LogP contribution in [0, 0.1) is 6.92 Å². The third-order valence-corrected chi connectivity index (χ3v) is 6.00. The van der Waals surface area contributed by atoms with Crippen LogP contribution >= 0.6 is 0 Å². The Balaban J connectivity index is 1.48. The van der Waals surface area contributed by atoms with Gasteiger partial charge in [-0.1, -0.05) is 49.1 Å². The van der Waals surface area contributed by atoms with Gasteiger partial charge in [0.2, 0.25) is 11.7 Å². The van der Waals surface area contributed by atoms with E-state index in [9.17, 15) is 9.59 Å². The number of nitrogens with one attached hydrogen (secondary N) is 1. The molecular weight excluding hydrogens is 432 g/mol. The molecule has 1 aliphatic carbocycles. The number of tetrazole rings is 1. The Kier molecular flexibility index (Phi) is 7.51. The summed E-state index contributed by atoms with van der Waals surface area (Å²) < 4.78 is 5.22. The molecule has 0 saturated heterocycles. The van der Waals surface area contributed by atoms with Crippen LogP contribution in [0.3, 0.4) is 0 Å². The highest BCUT2D eigenvalue weighted by molar-refractivity contribution is 5.98. The fourth-order valence-corrected chi connectivity index (χ4v) is 4.08. The van der Waals surface area contributed by atoms with Gasteiger partial charge in [0.15, 0.2) is 0 Å². The summed E-state index contributed by atoms with van der Waals surface area (Å²) in [5, 5.41) is 15.6. The first-order valence-corrected chi connectivity index (χ1v) is 11.6. The van der Waals surface area contributed by atoms with Crippen molar-refractivity contribution < 1.29 is 14.3 Å². The van der Waals surface area contributed by atoms with E-state index in [-0.39, 0.29) is 30.9 Å². The molecule has 0 bridgehead atoms. The quantitative estimate of drug-likeness (QED) is 0.552. The Morgan fingerprint density at radius 1 is 1.06 bits per heavy atom. The van der Waals surface area contributed by atoms with E-state index in [1.165, 1.54) is 16.1 Å². The van der Waals surface area contributed by atoms with Gasteiger partial charge in [0.05, 0.1) is 7.11 Å². The number of aryl methyl sites for hydroxylation is 1. The van der Waals surface area contributed by atoms with Crippen molar-refractivity contribution in [3.63, 3.8) is 0 Å². The Labute approximate surface area is 199 Å². The molecule has 2 aromatic carbocycles. The van der Waals surface area contributed by atoms with E-state index in [1.54, 1.807) is 31.4 Å². The Morgan fingerprint density at radius 2 is 1.76 bits per heavy atom. The third kappa shape index (κ3) is 5.98. The van der Waals surface area contributed by atoms with Crippen LogP contribution in [0.25, 0.3) is 11.4 Å². The van der Waals surface area contributed by atoms with Gasteiger partial charge in [0.1, 0.15) is 18.8 Å². The molecule has 1 aromatic heterocycles. The van der Waals surface area contributed by atoms with Crippen molar-refractivity contribution in [1.82, 2.24) is 25.5 Å². The van der Waals surface area contributed by atoms with Crippen LogP contribution in [-0.2, 0) is 16.1 Å². The summed E-state index contributed by atoms with van der Waals surface area (Å²) in [6.07, 6.45) is 5.40. The highest BCUT2D eigenvalue weighted by Crippen LogP contribution is 2.21. The summed E-state index contributed by atoms with van der Waals surface area (Å²) >= 11 is 0. The second-order valence-electron chi connectivity index (χ2n) is 8.59. The van der Waals surface area contributed by atoms with Crippen molar-refractivity contribution in [2.24, 2.45) is 0 Å². The Hall–Kier alpha value is -3.75. The molecule has 178 valence electrons. The van der Waals surface area contributed by atoms with E-state index < -0.39 is 0 Å². The number of benzene rings is 2. The molecule has 0 radical (unpaired) electrons. The van der Waals surface area contributed by atoms with Crippen molar-refractivity contribution in [3.8, 4) is 17.1 Å². The molecule has 0 unspecified atom stereocenters. The number of anilines is 1. The van der Waals surface area contributed by atoms with Gasteiger partial charge in [0, 0.05) is 17.3 Å². The van der Waals surface area contributed by atoms with Gasteiger partial charge in [-0.25, -0.2) is 0 Å². The zero-order valence-corrected chi connectivity index (χ0v) is 19.6.